The SMILES string of the molecule is CCCNC(C)c1ccnc(Sc2ccc(F)c(F)c2)c1. The molecule has 0 aliphatic carbocycles. The maximum atomic E-state index is 13.2. The number of nitrogens with one attached hydrogen (secondary N) is 1. The van der Waals surface area contributed by atoms with Gasteiger partial charge in [-0.25, -0.2) is 13.8 Å². The first-order valence-corrected chi connectivity index (χ1v) is 7.74. The van der Waals surface area contributed by atoms with Crippen molar-refractivity contribution in [2.24, 2.45) is 0 Å². The highest BCUT2D eigenvalue weighted by molar-refractivity contribution is 7.99. The minimum Gasteiger partial charge on any atom is -0.310 e. The molecule has 5 heteroatoms. The van der Waals surface area contributed by atoms with Crippen LogP contribution in [0.15, 0.2) is 46.5 Å². The first-order chi connectivity index (χ1) is 10.1. The molecule has 0 bridgehead atoms. The third-order valence-electron chi connectivity index (χ3n) is 3.07. The lowest BCUT2D eigenvalue weighted by Gasteiger charge is -2.14. The van der Waals surface area contributed by atoms with E-state index >= 15 is 0 Å². The number of benzene rings is 1. The van der Waals surface area contributed by atoms with Gasteiger partial charge in [0.25, 0.3) is 0 Å². The Labute approximate surface area is 128 Å². The molecule has 0 aliphatic heterocycles. The van der Waals surface area contributed by atoms with Crippen LogP contribution in [0.3, 0.4) is 0 Å². The molecule has 2 rings (SSSR count). The largest absolute Gasteiger partial charge is 0.310 e. The zero-order chi connectivity index (χ0) is 15.2. The van der Waals surface area contributed by atoms with Gasteiger partial charge in [-0.15, -0.1) is 0 Å². The zero-order valence-electron chi connectivity index (χ0n) is 12.1. The van der Waals surface area contributed by atoms with E-state index in [9.17, 15) is 8.78 Å². The highest BCUT2D eigenvalue weighted by atomic mass is 32.2. The lowest BCUT2D eigenvalue weighted by atomic mass is 10.1. The van der Waals surface area contributed by atoms with Crippen molar-refractivity contribution in [2.75, 3.05) is 6.54 Å². The Balaban J connectivity index is 2.11. The van der Waals surface area contributed by atoms with Gasteiger partial charge >= 0.3 is 0 Å². The molecule has 1 unspecified atom stereocenters. The van der Waals surface area contributed by atoms with Crippen LogP contribution >= 0.6 is 11.8 Å². The van der Waals surface area contributed by atoms with E-state index in [0.717, 1.165) is 29.6 Å². The minimum atomic E-state index is -0.839. The molecule has 1 atom stereocenters. The molecule has 2 nitrogen and oxygen atoms in total. The molecule has 21 heavy (non-hydrogen) atoms. The molecule has 0 saturated heterocycles. The molecule has 0 spiro atoms. The fourth-order valence-corrected chi connectivity index (χ4v) is 2.74. The fourth-order valence-electron chi connectivity index (χ4n) is 1.89. The monoisotopic (exact) mass is 308 g/mol. The Kier molecular flexibility index (Phi) is 5.70. The Morgan fingerprint density at radius 3 is 2.71 bits per heavy atom. The van der Waals surface area contributed by atoms with E-state index in [2.05, 4.69) is 24.1 Å². The molecule has 0 saturated carbocycles. The quantitative estimate of drug-likeness (QED) is 0.846. The summed E-state index contributed by atoms with van der Waals surface area (Å²) >= 11 is 1.32. The highest BCUT2D eigenvalue weighted by Gasteiger charge is 2.08. The van der Waals surface area contributed by atoms with E-state index in [0.29, 0.717) is 4.90 Å². The maximum absolute atomic E-state index is 13.2. The third-order valence-corrected chi connectivity index (χ3v) is 3.99. The Morgan fingerprint density at radius 2 is 2.00 bits per heavy atom. The van der Waals surface area contributed by atoms with Crippen LogP contribution in [0.4, 0.5) is 8.78 Å². The van der Waals surface area contributed by atoms with Crippen LogP contribution in [0.2, 0.25) is 0 Å². The lowest BCUT2D eigenvalue weighted by molar-refractivity contribution is 0.506. The minimum absolute atomic E-state index is 0.234. The second-order valence-corrected chi connectivity index (χ2v) is 5.88. The Morgan fingerprint density at radius 1 is 1.19 bits per heavy atom. The topological polar surface area (TPSA) is 24.9 Å². The van der Waals surface area contributed by atoms with Gasteiger partial charge in [0.15, 0.2) is 11.6 Å². The van der Waals surface area contributed by atoms with Gasteiger partial charge in [0.1, 0.15) is 5.03 Å². The molecule has 2 aromatic rings. The van der Waals surface area contributed by atoms with Gasteiger partial charge in [0.2, 0.25) is 0 Å². The summed E-state index contributed by atoms with van der Waals surface area (Å²) in [6.45, 7) is 5.17. The van der Waals surface area contributed by atoms with Crippen LogP contribution in [0, 0.1) is 11.6 Å². The van der Waals surface area contributed by atoms with Crippen LogP contribution in [0.1, 0.15) is 31.9 Å². The van der Waals surface area contributed by atoms with Crippen molar-refractivity contribution >= 4 is 11.8 Å². The van der Waals surface area contributed by atoms with Crippen LogP contribution < -0.4 is 5.32 Å². The second kappa shape index (κ2) is 7.52. The summed E-state index contributed by atoms with van der Waals surface area (Å²) in [7, 11) is 0. The molecule has 112 valence electrons. The molecule has 0 amide bonds. The normalized spacial score (nSPS) is 12.4. The molecule has 0 aliphatic rings. The Bertz CT molecular complexity index is 605. The first kappa shape index (κ1) is 15.9. The number of hydrogen-bond donors (Lipinski definition) is 1. The lowest BCUT2D eigenvalue weighted by Crippen LogP contribution is -2.19. The number of halogens is 2. The van der Waals surface area contributed by atoms with Crippen molar-refractivity contribution in [3.63, 3.8) is 0 Å². The Hall–Kier alpha value is -1.46. The highest BCUT2D eigenvalue weighted by Crippen LogP contribution is 2.28. The predicted molar refractivity (Wildman–Crippen MR) is 81.4 cm³/mol. The number of hydrogen-bond acceptors (Lipinski definition) is 3. The molecular formula is C16H18F2N2S. The summed E-state index contributed by atoms with van der Waals surface area (Å²) in [6.07, 6.45) is 2.81. The van der Waals surface area contributed by atoms with E-state index in [1.807, 2.05) is 12.1 Å². The van der Waals surface area contributed by atoms with E-state index in [-0.39, 0.29) is 6.04 Å². The average Bonchev–Trinajstić information content (AvgIpc) is 2.49. The second-order valence-electron chi connectivity index (χ2n) is 4.78. The maximum Gasteiger partial charge on any atom is 0.159 e. The summed E-state index contributed by atoms with van der Waals surface area (Å²) in [5.41, 5.74) is 1.13. The molecule has 1 aromatic heterocycles. The first-order valence-electron chi connectivity index (χ1n) is 6.92. The summed E-state index contributed by atoms with van der Waals surface area (Å²) < 4.78 is 26.1. The van der Waals surface area contributed by atoms with Crippen molar-refractivity contribution in [2.45, 2.75) is 36.2 Å². The summed E-state index contributed by atoms with van der Waals surface area (Å²) in [6, 6.07) is 8.04. The van der Waals surface area contributed by atoms with Crippen LogP contribution in [0.25, 0.3) is 0 Å². The third kappa shape index (κ3) is 4.51. The van der Waals surface area contributed by atoms with Gasteiger partial charge in [0.05, 0.1) is 0 Å². The van der Waals surface area contributed by atoms with E-state index in [4.69, 9.17) is 0 Å². The van der Waals surface area contributed by atoms with Gasteiger partial charge < -0.3 is 5.32 Å². The summed E-state index contributed by atoms with van der Waals surface area (Å²) in [5.74, 6) is -1.67. The molecule has 0 radical (unpaired) electrons. The number of aromatic nitrogens is 1. The molecule has 0 fully saturated rings. The molecule has 1 aromatic carbocycles. The van der Waals surface area contributed by atoms with E-state index in [1.54, 1.807) is 12.3 Å². The van der Waals surface area contributed by atoms with Gasteiger partial charge in [0, 0.05) is 17.1 Å². The smallest absolute Gasteiger partial charge is 0.159 e. The molecular weight excluding hydrogens is 290 g/mol. The van der Waals surface area contributed by atoms with E-state index in [1.165, 1.54) is 17.8 Å². The number of nitrogens with zero attached hydrogens (tertiary/aromatic N) is 1. The van der Waals surface area contributed by atoms with Crippen molar-refractivity contribution in [3.05, 3.63) is 53.7 Å². The zero-order valence-corrected chi connectivity index (χ0v) is 12.9. The fraction of sp³-hybridized carbons (Fsp3) is 0.312. The van der Waals surface area contributed by atoms with Crippen molar-refractivity contribution in [1.82, 2.24) is 10.3 Å². The van der Waals surface area contributed by atoms with Crippen molar-refractivity contribution in [1.29, 1.82) is 0 Å². The van der Waals surface area contributed by atoms with Crippen LogP contribution in [-0.2, 0) is 0 Å². The van der Waals surface area contributed by atoms with Gasteiger partial charge in [-0.3, -0.25) is 0 Å². The van der Waals surface area contributed by atoms with Gasteiger partial charge in [-0.05, 0) is 55.8 Å². The van der Waals surface area contributed by atoms with Gasteiger partial charge in [-0.2, -0.15) is 0 Å². The summed E-state index contributed by atoms with van der Waals surface area (Å²) in [4.78, 5) is 4.90. The number of rotatable bonds is 6. The van der Waals surface area contributed by atoms with Crippen LogP contribution in [0.5, 0.6) is 0 Å². The van der Waals surface area contributed by atoms with Gasteiger partial charge in [-0.1, -0.05) is 18.7 Å². The van der Waals surface area contributed by atoms with E-state index < -0.39 is 11.6 Å². The standard InChI is InChI=1S/C16H18F2N2S/c1-3-7-19-11(2)12-6-8-20-16(9-12)21-13-4-5-14(17)15(18)10-13/h4-6,8-11,19H,3,7H2,1-2H3. The summed E-state index contributed by atoms with van der Waals surface area (Å²) in [5, 5.41) is 4.18. The molecule has 1 N–H and O–H groups in total. The molecule has 1 heterocycles. The average molecular weight is 308 g/mol. The van der Waals surface area contributed by atoms with Crippen LogP contribution in [-0.4, -0.2) is 11.5 Å². The number of pyridine rings is 1. The van der Waals surface area contributed by atoms with Crippen molar-refractivity contribution in [3.8, 4) is 0 Å². The predicted octanol–water partition coefficient (Wildman–Crippen LogP) is 4.57. The van der Waals surface area contributed by atoms with Crippen molar-refractivity contribution < 1.29 is 8.78 Å².